The quantitative estimate of drug-likeness (QED) is 0.245. The van der Waals surface area contributed by atoms with Gasteiger partial charge in [0.25, 0.3) is 0 Å². The van der Waals surface area contributed by atoms with Crippen LogP contribution in [0.4, 0.5) is 0 Å². The minimum absolute atomic E-state index is 0.711. The van der Waals surface area contributed by atoms with Gasteiger partial charge in [0, 0.05) is 17.8 Å². The fourth-order valence-electron chi connectivity index (χ4n) is 4.01. The lowest BCUT2D eigenvalue weighted by Gasteiger charge is -2.28. The summed E-state index contributed by atoms with van der Waals surface area (Å²) in [6, 6.07) is 0. The third kappa shape index (κ3) is 9.43. The summed E-state index contributed by atoms with van der Waals surface area (Å²) in [6.45, 7) is 25.6. The molecule has 29 heavy (non-hydrogen) atoms. The van der Waals surface area contributed by atoms with E-state index in [1.54, 1.807) is 0 Å². The summed E-state index contributed by atoms with van der Waals surface area (Å²) in [7, 11) is 0. The van der Waals surface area contributed by atoms with Crippen LogP contribution in [0.5, 0.6) is 0 Å². The molecule has 1 unspecified atom stereocenters. The summed E-state index contributed by atoms with van der Waals surface area (Å²) in [5, 5.41) is 0. The van der Waals surface area contributed by atoms with Gasteiger partial charge in [-0.25, -0.2) is 0 Å². The minimum atomic E-state index is 0.711. The Bertz CT molecular complexity index is 732. The maximum Gasteiger partial charge on any atom is 0.0374 e. The van der Waals surface area contributed by atoms with Crippen LogP contribution in [-0.4, -0.2) is 5.71 Å². The zero-order valence-electron chi connectivity index (χ0n) is 20.0. The molecule has 0 aromatic heterocycles. The molecule has 160 valence electrons. The molecule has 1 nitrogen and oxygen atoms in total. The molecule has 1 heteroatoms. The van der Waals surface area contributed by atoms with E-state index in [1.165, 1.54) is 52.7 Å². The van der Waals surface area contributed by atoms with Crippen molar-refractivity contribution >= 4 is 5.71 Å². The fraction of sp³-hybridized carbons (Fsp3) is 0.536. The molecule has 0 N–H and O–H groups in total. The first-order chi connectivity index (χ1) is 13.7. The van der Waals surface area contributed by atoms with Crippen LogP contribution in [0.3, 0.4) is 0 Å². The third-order valence-corrected chi connectivity index (χ3v) is 5.75. The summed E-state index contributed by atoms with van der Waals surface area (Å²) in [5.41, 5.74) is 10.3. The number of aliphatic imine (C=N–C) groups is 1. The Morgan fingerprint density at radius 1 is 1.07 bits per heavy atom. The van der Waals surface area contributed by atoms with Gasteiger partial charge in [-0.05, 0) is 89.7 Å². The summed E-state index contributed by atoms with van der Waals surface area (Å²) in [4.78, 5) is 4.52. The second-order valence-electron chi connectivity index (χ2n) is 8.91. The van der Waals surface area contributed by atoms with Crippen molar-refractivity contribution in [2.75, 3.05) is 0 Å². The van der Waals surface area contributed by atoms with Crippen molar-refractivity contribution in [2.45, 2.75) is 92.9 Å². The molecule has 0 aromatic carbocycles. The lowest BCUT2D eigenvalue weighted by atomic mass is 9.78. The third-order valence-electron chi connectivity index (χ3n) is 5.75. The molecule has 0 fully saturated rings. The SMILES string of the molecule is C=C(/C=C(\C=C(/C)CC)CCCC1CC(=C)C(CC(=C)N=C(C)C)=C(C)C1)CC. The number of nitrogens with zero attached hydrogens (tertiary/aromatic N) is 1. The van der Waals surface area contributed by atoms with Gasteiger partial charge in [-0.3, -0.25) is 4.99 Å². The molecule has 1 atom stereocenters. The molecule has 0 spiro atoms. The smallest absolute Gasteiger partial charge is 0.0374 e. The lowest BCUT2D eigenvalue weighted by Crippen LogP contribution is -2.12. The summed E-state index contributed by atoms with van der Waals surface area (Å²) >= 11 is 0. The molecule has 0 aromatic rings. The zero-order chi connectivity index (χ0) is 22.0. The van der Waals surface area contributed by atoms with E-state index < -0.39 is 0 Å². The van der Waals surface area contributed by atoms with Crippen LogP contribution in [0.25, 0.3) is 0 Å². The van der Waals surface area contributed by atoms with Gasteiger partial charge >= 0.3 is 0 Å². The molecule has 0 heterocycles. The van der Waals surface area contributed by atoms with Crippen LogP contribution in [0.2, 0.25) is 0 Å². The van der Waals surface area contributed by atoms with Crippen molar-refractivity contribution in [3.05, 3.63) is 71.0 Å². The summed E-state index contributed by atoms with van der Waals surface area (Å²) < 4.78 is 0. The second kappa shape index (κ2) is 12.6. The Hall–Kier alpha value is -1.89. The Kier molecular flexibility index (Phi) is 10.9. The first kappa shape index (κ1) is 25.1. The monoisotopic (exact) mass is 393 g/mol. The standard InChI is InChI=1S/C28H43N/c1-10-21(5)15-26(16-22(6)11-2)13-12-14-27-17-23(7)28(24(8)18-27)19-25(9)29-20(3)4/h15-16,27H,5,7,9-14,17-19H2,1-4,6,8H3/b22-16+,26-15-. The van der Waals surface area contributed by atoms with Gasteiger partial charge < -0.3 is 0 Å². The molecule has 0 saturated heterocycles. The van der Waals surface area contributed by atoms with Gasteiger partial charge in [0.2, 0.25) is 0 Å². The largest absolute Gasteiger partial charge is 0.263 e. The molecule has 0 radical (unpaired) electrons. The normalized spacial score (nSPS) is 18.1. The van der Waals surface area contributed by atoms with E-state index in [0.717, 1.165) is 43.5 Å². The average molecular weight is 394 g/mol. The molecular weight excluding hydrogens is 350 g/mol. The molecule has 1 rings (SSSR count). The zero-order valence-corrected chi connectivity index (χ0v) is 20.0. The number of allylic oxidation sites excluding steroid dienone is 8. The van der Waals surface area contributed by atoms with Gasteiger partial charge in [-0.1, -0.05) is 68.0 Å². The van der Waals surface area contributed by atoms with Crippen LogP contribution in [-0.2, 0) is 0 Å². The number of rotatable bonds is 11. The molecule has 0 amide bonds. The van der Waals surface area contributed by atoms with Crippen LogP contribution < -0.4 is 0 Å². The van der Waals surface area contributed by atoms with Gasteiger partial charge in [-0.2, -0.15) is 0 Å². The van der Waals surface area contributed by atoms with Gasteiger partial charge in [0.15, 0.2) is 0 Å². The second-order valence-corrected chi connectivity index (χ2v) is 8.91. The first-order valence-corrected chi connectivity index (χ1v) is 11.3. The van der Waals surface area contributed by atoms with Crippen molar-refractivity contribution < 1.29 is 0 Å². The molecule has 0 saturated carbocycles. The maximum atomic E-state index is 4.52. The summed E-state index contributed by atoms with van der Waals surface area (Å²) in [5.74, 6) is 0.711. The Labute approximate surface area is 180 Å². The van der Waals surface area contributed by atoms with E-state index in [1.807, 2.05) is 13.8 Å². The Morgan fingerprint density at radius 3 is 2.31 bits per heavy atom. The van der Waals surface area contributed by atoms with Crippen molar-refractivity contribution in [3.8, 4) is 0 Å². The highest BCUT2D eigenvalue weighted by atomic mass is 14.7. The maximum absolute atomic E-state index is 4.52. The molecule has 1 aliphatic rings. The molecule has 0 bridgehead atoms. The van der Waals surface area contributed by atoms with Crippen molar-refractivity contribution in [2.24, 2.45) is 10.9 Å². The minimum Gasteiger partial charge on any atom is -0.263 e. The van der Waals surface area contributed by atoms with E-state index in [2.05, 4.69) is 64.6 Å². The van der Waals surface area contributed by atoms with Gasteiger partial charge in [0.05, 0.1) is 0 Å². The fourth-order valence-corrected chi connectivity index (χ4v) is 4.01. The topological polar surface area (TPSA) is 12.4 Å². The highest BCUT2D eigenvalue weighted by molar-refractivity contribution is 5.80. The first-order valence-electron chi connectivity index (χ1n) is 11.3. The van der Waals surface area contributed by atoms with Crippen molar-refractivity contribution in [3.63, 3.8) is 0 Å². The molecule has 1 aliphatic carbocycles. The Balaban J connectivity index is 2.71. The highest BCUT2D eigenvalue weighted by Gasteiger charge is 2.21. The van der Waals surface area contributed by atoms with E-state index in [4.69, 9.17) is 0 Å². The average Bonchev–Trinajstić information content (AvgIpc) is 2.63. The number of hydrogen-bond donors (Lipinski definition) is 0. The van der Waals surface area contributed by atoms with E-state index in [0.29, 0.717) is 5.92 Å². The van der Waals surface area contributed by atoms with Crippen molar-refractivity contribution in [1.82, 2.24) is 0 Å². The van der Waals surface area contributed by atoms with Gasteiger partial charge in [0.1, 0.15) is 0 Å². The van der Waals surface area contributed by atoms with Crippen LogP contribution >= 0.6 is 0 Å². The van der Waals surface area contributed by atoms with E-state index >= 15 is 0 Å². The highest BCUT2D eigenvalue weighted by Crippen LogP contribution is 2.38. The van der Waals surface area contributed by atoms with Gasteiger partial charge in [-0.15, -0.1) is 0 Å². The lowest BCUT2D eigenvalue weighted by molar-refractivity contribution is 0.447. The van der Waals surface area contributed by atoms with E-state index in [-0.39, 0.29) is 0 Å². The van der Waals surface area contributed by atoms with E-state index in [9.17, 15) is 0 Å². The predicted molar refractivity (Wildman–Crippen MR) is 133 cm³/mol. The van der Waals surface area contributed by atoms with Crippen LogP contribution in [0.1, 0.15) is 92.9 Å². The van der Waals surface area contributed by atoms with Crippen LogP contribution in [0, 0.1) is 5.92 Å². The molecule has 0 aliphatic heterocycles. The predicted octanol–water partition coefficient (Wildman–Crippen LogP) is 9.07. The number of hydrogen-bond acceptors (Lipinski definition) is 1. The van der Waals surface area contributed by atoms with Crippen molar-refractivity contribution in [1.29, 1.82) is 0 Å². The summed E-state index contributed by atoms with van der Waals surface area (Å²) in [6.07, 6.45) is 13.5. The Morgan fingerprint density at radius 2 is 1.76 bits per heavy atom. The molecular formula is C28H43N. The van der Waals surface area contributed by atoms with Crippen LogP contribution in [0.15, 0.2) is 76.0 Å².